The first-order chi connectivity index (χ1) is 24.0. The molecule has 0 bridgehead atoms. The van der Waals surface area contributed by atoms with E-state index in [-0.39, 0.29) is 18.5 Å². The quantitative estimate of drug-likeness (QED) is 0.0343. The van der Waals surface area contributed by atoms with Gasteiger partial charge in [-0.15, -0.1) is 0 Å². The molecule has 6 nitrogen and oxygen atoms in total. The predicted octanol–water partition coefficient (Wildman–Crippen LogP) is 11.4. The SMILES string of the molecule is CCCC/C=C\CCCCCCCC(=O)OCCCC/C=C\CCCCCCCC(=O)NC(CO)C(O)/C=C/CCCCCCCCCC. The maximum Gasteiger partial charge on any atom is 0.305 e. The summed E-state index contributed by atoms with van der Waals surface area (Å²) >= 11 is 0. The van der Waals surface area contributed by atoms with Gasteiger partial charge in [-0.25, -0.2) is 0 Å². The summed E-state index contributed by atoms with van der Waals surface area (Å²) in [5.41, 5.74) is 0. The lowest BCUT2D eigenvalue weighted by Crippen LogP contribution is -2.45. The summed E-state index contributed by atoms with van der Waals surface area (Å²) in [6, 6.07) is -0.647. The van der Waals surface area contributed by atoms with E-state index in [1.165, 1.54) is 89.9 Å². The summed E-state index contributed by atoms with van der Waals surface area (Å²) in [6.07, 6.45) is 44.1. The van der Waals surface area contributed by atoms with Gasteiger partial charge in [0, 0.05) is 12.8 Å². The fourth-order valence-corrected chi connectivity index (χ4v) is 5.84. The molecule has 0 aliphatic rings. The van der Waals surface area contributed by atoms with Gasteiger partial charge in [0.15, 0.2) is 0 Å². The van der Waals surface area contributed by atoms with E-state index in [1.807, 2.05) is 6.08 Å². The minimum Gasteiger partial charge on any atom is -0.466 e. The van der Waals surface area contributed by atoms with Gasteiger partial charge in [-0.3, -0.25) is 9.59 Å². The number of carbonyl (C=O) groups is 2. The molecule has 6 heteroatoms. The van der Waals surface area contributed by atoms with Gasteiger partial charge in [-0.2, -0.15) is 0 Å². The van der Waals surface area contributed by atoms with Crippen LogP contribution in [0.4, 0.5) is 0 Å². The summed E-state index contributed by atoms with van der Waals surface area (Å²) in [7, 11) is 0. The fourth-order valence-electron chi connectivity index (χ4n) is 5.84. The van der Waals surface area contributed by atoms with E-state index in [0.29, 0.717) is 19.4 Å². The monoisotopic (exact) mass is 690 g/mol. The standard InChI is InChI=1S/C43H79NO5/c1-3-5-7-9-11-13-16-21-25-29-33-37-43(48)49-38-34-30-26-22-18-15-17-20-24-28-32-36-42(47)44-40(39-45)41(46)35-31-27-23-19-14-12-10-8-6-4-2/h9,11,18,22,31,35,40-41,45-46H,3-8,10,12-17,19-21,23-30,32-34,36-39H2,1-2H3,(H,44,47)/b11-9-,22-18-,35-31+. The Morgan fingerprint density at radius 2 is 0.980 bits per heavy atom. The Morgan fingerprint density at radius 1 is 0.551 bits per heavy atom. The summed E-state index contributed by atoms with van der Waals surface area (Å²) in [5, 5.41) is 22.8. The Kier molecular flexibility index (Phi) is 37.4. The van der Waals surface area contributed by atoms with E-state index in [4.69, 9.17) is 4.74 Å². The van der Waals surface area contributed by atoms with Gasteiger partial charge in [-0.1, -0.05) is 147 Å². The van der Waals surface area contributed by atoms with Gasteiger partial charge >= 0.3 is 5.97 Å². The van der Waals surface area contributed by atoms with Crippen LogP contribution in [-0.4, -0.2) is 47.4 Å². The van der Waals surface area contributed by atoms with Crippen molar-refractivity contribution in [1.82, 2.24) is 5.32 Å². The molecule has 49 heavy (non-hydrogen) atoms. The molecule has 0 aromatic carbocycles. The normalized spacial score (nSPS) is 13.1. The molecule has 0 rings (SSSR count). The Bertz CT molecular complexity index is 808. The van der Waals surface area contributed by atoms with Crippen molar-refractivity contribution in [2.45, 2.75) is 212 Å². The molecule has 0 fully saturated rings. The van der Waals surface area contributed by atoms with Crippen molar-refractivity contribution in [3.63, 3.8) is 0 Å². The summed E-state index contributed by atoms with van der Waals surface area (Å²) in [6.45, 7) is 4.73. The Hall–Kier alpha value is -1.92. The third kappa shape index (κ3) is 35.7. The van der Waals surface area contributed by atoms with Crippen molar-refractivity contribution in [1.29, 1.82) is 0 Å². The Balaban J connectivity index is 3.59. The highest BCUT2D eigenvalue weighted by atomic mass is 16.5. The molecule has 2 atom stereocenters. The highest BCUT2D eigenvalue weighted by molar-refractivity contribution is 5.76. The van der Waals surface area contributed by atoms with Crippen LogP contribution in [0.25, 0.3) is 0 Å². The van der Waals surface area contributed by atoms with Gasteiger partial charge in [0.2, 0.25) is 5.91 Å². The maximum atomic E-state index is 12.3. The first-order valence-corrected chi connectivity index (χ1v) is 20.8. The molecule has 0 spiro atoms. The van der Waals surface area contributed by atoms with Gasteiger partial charge in [-0.05, 0) is 77.0 Å². The molecule has 0 aromatic heterocycles. The van der Waals surface area contributed by atoms with Gasteiger partial charge in [0.1, 0.15) is 0 Å². The molecule has 2 unspecified atom stereocenters. The predicted molar refractivity (Wildman–Crippen MR) is 209 cm³/mol. The van der Waals surface area contributed by atoms with Gasteiger partial charge in [0.05, 0.1) is 25.4 Å². The molecule has 0 radical (unpaired) electrons. The zero-order valence-corrected chi connectivity index (χ0v) is 32.2. The van der Waals surface area contributed by atoms with E-state index in [0.717, 1.165) is 83.5 Å². The van der Waals surface area contributed by atoms with Crippen molar-refractivity contribution < 1.29 is 24.5 Å². The number of carbonyl (C=O) groups excluding carboxylic acids is 2. The van der Waals surface area contributed by atoms with E-state index >= 15 is 0 Å². The highest BCUT2D eigenvalue weighted by Gasteiger charge is 2.17. The van der Waals surface area contributed by atoms with E-state index in [9.17, 15) is 19.8 Å². The van der Waals surface area contributed by atoms with Crippen molar-refractivity contribution >= 4 is 11.9 Å². The van der Waals surface area contributed by atoms with Gasteiger partial charge < -0.3 is 20.3 Å². The summed E-state index contributed by atoms with van der Waals surface area (Å²) < 4.78 is 5.39. The molecule has 286 valence electrons. The average Bonchev–Trinajstić information content (AvgIpc) is 3.10. The third-order valence-corrected chi connectivity index (χ3v) is 9.13. The number of unbranched alkanes of at least 4 members (excludes halogenated alkanes) is 22. The molecular formula is C43H79NO5. The number of allylic oxidation sites excluding steroid dienone is 5. The number of aliphatic hydroxyl groups is 2. The minimum absolute atomic E-state index is 0.0459. The number of amides is 1. The smallest absolute Gasteiger partial charge is 0.305 e. The molecule has 0 saturated heterocycles. The number of aliphatic hydroxyl groups excluding tert-OH is 2. The van der Waals surface area contributed by atoms with Gasteiger partial charge in [0.25, 0.3) is 0 Å². The zero-order chi connectivity index (χ0) is 35.9. The molecule has 0 saturated carbocycles. The van der Waals surface area contributed by atoms with Crippen LogP contribution in [0.5, 0.6) is 0 Å². The summed E-state index contributed by atoms with van der Waals surface area (Å²) in [4.78, 5) is 24.2. The van der Waals surface area contributed by atoms with Crippen LogP contribution in [0.2, 0.25) is 0 Å². The number of esters is 1. The van der Waals surface area contributed by atoms with Crippen LogP contribution < -0.4 is 5.32 Å². The lowest BCUT2D eigenvalue weighted by atomic mass is 10.1. The molecule has 0 aliphatic carbocycles. The molecule has 3 N–H and O–H groups in total. The van der Waals surface area contributed by atoms with Crippen molar-refractivity contribution in [3.05, 3.63) is 36.5 Å². The van der Waals surface area contributed by atoms with Crippen LogP contribution in [0.1, 0.15) is 200 Å². The first kappa shape index (κ1) is 47.1. The third-order valence-electron chi connectivity index (χ3n) is 9.13. The maximum absolute atomic E-state index is 12.3. The first-order valence-electron chi connectivity index (χ1n) is 20.8. The van der Waals surface area contributed by atoms with Crippen LogP contribution in [0.3, 0.4) is 0 Å². The Morgan fingerprint density at radius 3 is 1.51 bits per heavy atom. The van der Waals surface area contributed by atoms with Crippen molar-refractivity contribution in [3.8, 4) is 0 Å². The molecule has 0 aromatic rings. The highest BCUT2D eigenvalue weighted by Crippen LogP contribution is 2.12. The lowest BCUT2D eigenvalue weighted by Gasteiger charge is -2.20. The molecule has 1 amide bonds. The minimum atomic E-state index is -0.860. The molecular weight excluding hydrogens is 610 g/mol. The van der Waals surface area contributed by atoms with E-state index in [2.05, 4.69) is 43.5 Å². The average molecular weight is 690 g/mol. The second kappa shape index (κ2) is 38.9. The largest absolute Gasteiger partial charge is 0.466 e. The number of ether oxygens (including phenoxy) is 1. The second-order valence-electron chi connectivity index (χ2n) is 14.0. The zero-order valence-electron chi connectivity index (χ0n) is 32.2. The van der Waals surface area contributed by atoms with E-state index in [1.54, 1.807) is 6.08 Å². The van der Waals surface area contributed by atoms with Crippen LogP contribution in [0, 0.1) is 0 Å². The second-order valence-corrected chi connectivity index (χ2v) is 14.0. The molecule has 0 aliphatic heterocycles. The Labute approximate surface area is 303 Å². The van der Waals surface area contributed by atoms with Crippen LogP contribution in [-0.2, 0) is 14.3 Å². The van der Waals surface area contributed by atoms with E-state index < -0.39 is 12.1 Å². The molecule has 0 heterocycles. The van der Waals surface area contributed by atoms with Crippen LogP contribution in [0.15, 0.2) is 36.5 Å². The van der Waals surface area contributed by atoms with Crippen molar-refractivity contribution in [2.24, 2.45) is 0 Å². The number of nitrogens with one attached hydrogen (secondary N) is 1. The number of rotatable bonds is 37. The number of hydrogen-bond acceptors (Lipinski definition) is 5. The van der Waals surface area contributed by atoms with Crippen LogP contribution >= 0.6 is 0 Å². The number of hydrogen-bond donors (Lipinski definition) is 3. The lowest BCUT2D eigenvalue weighted by molar-refractivity contribution is -0.143. The topological polar surface area (TPSA) is 95.9 Å². The fraction of sp³-hybridized carbons (Fsp3) is 0.814. The summed E-state index contributed by atoms with van der Waals surface area (Å²) in [5.74, 6) is -0.148. The van der Waals surface area contributed by atoms with Crippen molar-refractivity contribution in [2.75, 3.05) is 13.2 Å².